The summed E-state index contributed by atoms with van der Waals surface area (Å²) in [6.07, 6.45) is 1.78. The molecule has 4 nitrogen and oxygen atoms in total. The lowest BCUT2D eigenvalue weighted by Crippen LogP contribution is -2.36. The molecule has 0 radical (unpaired) electrons. The molecule has 0 fully saturated rings. The highest BCUT2D eigenvalue weighted by molar-refractivity contribution is 5.71. The second kappa shape index (κ2) is 6.35. The van der Waals surface area contributed by atoms with Gasteiger partial charge in [-0.15, -0.1) is 0 Å². The van der Waals surface area contributed by atoms with Crippen LogP contribution in [0.2, 0.25) is 0 Å². The average molecular weight is 236 g/mol. The molecule has 0 aliphatic heterocycles. The van der Waals surface area contributed by atoms with Crippen molar-refractivity contribution in [3.63, 3.8) is 0 Å². The molecule has 0 spiro atoms. The van der Waals surface area contributed by atoms with Gasteiger partial charge in [0.05, 0.1) is 19.3 Å². The van der Waals surface area contributed by atoms with Gasteiger partial charge in [0.1, 0.15) is 0 Å². The summed E-state index contributed by atoms with van der Waals surface area (Å²) in [5.41, 5.74) is 2.15. The number of carbonyl (C=O) groups is 1. The topological polar surface area (TPSA) is 42.4 Å². The van der Waals surface area contributed by atoms with Crippen molar-refractivity contribution >= 4 is 5.97 Å². The van der Waals surface area contributed by atoms with Gasteiger partial charge in [-0.1, -0.05) is 6.07 Å². The zero-order valence-corrected chi connectivity index (χ0v) is 10.9. The van der Waals surface area contributed by atoms with Crippen molar-refractivity contribution in [2.75, 3.05) is 13.7 Å². The molecule has 94 valence electrons. The minimum Gasteiger partial charge on any atom is -0.468 e. The SMILES string of the molecule is COC(=O)CN(Cc1ncccc1C)C(C)C. The Bertz CT molecular complexity index is 377. The molecule has 0 aliphatic rings. The van der Waals surface area contributed by atoms with Crippen LogP contribution in [0.3, 0.4) is 0 Å². The van der Waals surface area contributed by atoms with Gasteiger partial charge in [-0.05, 0) is 32.4 Å². The number of methoxy groups -OCH3 is 1. The van der Waals surface area contributed by atoms with E-state index < -0.39 is 0 Å². The predicted octanol–water partition coefficient (Wildman–Crippen LogP) is 1.77. The van der Waals surface area contributed by atoms with Gasteiger partial charge in [-0.3, -0.25) is 14.7 Å². The van der Waals surface area contributed by atoms with Gasteiger partial charge >= 0.3 is 5.97 Å². The summed E-state index contributed by atoms with van der Waals surface area (Å²) in [6, 6.07) is 4.22. The van der Waals surface area contributed by atoms with Gasteiger partial charge in [0.2, 0.25) is 0 Å². The molecule has 0 saturated heterocycles. The van der Waals surface area contributed by atoms with Crippen LogP contribution < -0.4 is 0 Å². The first-order chi connectivity index (χ1) is 8.04. The molecular formula is C13H20N2O2. The summed E-state index contributed by atoms with van der Waals surface area (Å²) in [5, 5.41) is 0. The highest BCUT2D eigenvalue weighted by Gasteiger charge is 2.16. The molecule has 0 saturated carbocycles. The molecule has 1 aromatic heterocycles. The van der Waals surface area contributed by atoms with Gasteiger partial charge < -0.3 is 4.74 Å². The Morgan fingerprint density at radius 3 is 2.76 bits per heavy atom. The first kappa shape index (κ1) is 13.6. The van der Waals surface area contributed by atoms with Gasteiger partial charge in [-0.25, -0.2) is 0 Å². The van der Waals surface area contributed by atoms with E-state index in [9.17, 15) is 4.79 Å². The molecule has 0 aromatic carbocycles. The smallest absolute Gasteiger partial charge is 0.319 e. The van der Waals surface area contributed by atoms with E-state index in [2.05, 4.69) is 18.8 Å². The van der Waals surface area contributed by atoms with Crippen LogP contribution in [0.25, 0.3) is 0 Å². The summed E-state index contributed by atoms with van der Waals surface area (Å²) in [7, 11) is 1.41. The van der Waals surface area contributed by atoms with Gasteiger partial charge in [-0.2, -0.15) is 0 Å². The van der Waals surface area contributed by atoms with Crippen LogP contribution in [0.1, 0.15) is 25.1 Å². The number of hydrogen-bond donors (Lipinski definition) is 0. The Labute approximate surface area is 103 Å². The van der Waals surface area contributed by atoms with Crippen LogP contribution in [-0.2, 0) is 16.1 Å². The number of aryl methyl sites for hydroxylation is 1. The van der Waals surface area contributed by atoms with E-state index in [0.717, 1.165) is 11.3 Å². The van der Waals surface area contributed by atoms with Crippen LogP contribution in [-0.4, -0.2) is 35.5 Å². The maximum atomic E-state index is 11.3. The second-order valence-electron chi connectivity index (χ2n) is 4.34. The molecule has 1 aromatic rings. The van der Waals surface area contributed by atoms with E-state index in [1.54, 1.807) is 6.20 Å². The van der Waals surface area contributed by atoms with E-state index in [-0.39, 0.29) is 12.0 Å². The van der Waals surface area contributed by atoms with Crippen molar-refractivity contribution < 1.29 is 9.53 Å². The highest BCUT2D eigenvalue weighted by Crippen LogP contribution is 2.10. The maximum absolute atomic E-state index is 11.3. The Balaban J connectivity index is 2.74. The van der Waals surface area contributed by atoms with Crippen molar-refractivity contribution in [1.29, 1.82) is 0 Å². The lowest BCUT2D eigenvalue weighted by molar-refractivity contribution is -0.142. The van der Waals surface area contributed by atoms with Gasteiger partial charge in [0, 0.05) is 18.8 Å². The number of aromatic nitrogens is 1. The molecule has 0 bridgehead atoms. The zero-order chi connectivity index (χ0) is 12.8. The molecule has 0 unspecified atom stereocenters. The van der Waals surface area contributed by atoms with Crippen molar-refractivity contribution in [3.8, 4) is 0 Å². The van der Waals surface area contributed by atoms with E-state index in [0.29, 0.717) is 13.1 Å². The maximum Gasteiger partial charge on any atom is 0.319 e. The monoisotopic (exact) mass is 236 g/mol. The number of pyridine rings is 1. The average Bonchev–Trinajstić information content (AvgIpc) is 2.30. The van der Waals surface area contributed by atoms with Crippen molar-refractivity contribution in [1.82, 2.24) is 9.88 Å². The second-order valence-corrected chi connectivity index (χ2v) is 4.34. The van der Waals surface area contributed by atoms with Crippen molar-refractivity contribution in [3.05, 3.63) is 29.6 Å². The Hall–Kier alpha value is -1.42. The van der Waals surface area contributed by atoms with Crippen LogP contribution in [0, 0.1) is 6.92 Å². The molecule has 1 rings (SSSR count). The molecule has 4 heteroatoms. The van der Waals surface area contributed by atoms with E-state index in [1.807, 2.05) is 24.0 Å². The standard InChI is InChI=1S/C13H20N2O2/c1-10(2)15(9-13(16)17-4)8-12-11(3)6-5-7-14-12/h5-7,10H,8-9H2,1-4H3. The van der Waals surface area contributed by atoms with Crippen molar-refractivity contribution in [2.45, 2.75) is 33.4 Å². The fourth-order valence-electron chi connectivity index (χ4n) is 1.53. The van der Waals surface area contributed by atoms with Crippen molar-refractivity contribution in [2.24, 2.45) is 0 Å². The predicted molar refractivity (Wildman–Crippen MR) is 66.5 cm³/mol. The fraction of sp³-hybridized carbons (Fsp3) is 0.538. The molecule has 0 amide bonds. The van der Waals surface area contributed by atoms with E-state index >= 15 is 0 Å². The lowest BCUT2D eigenvalue weighted by atomic mass is 10.2. The number of esters is 1. The fourth-order valence-corrected chi connectivity index (χ4v) is 1.53. The first-order valence-corrected chi connectivity index (χ1v) is 5.76. The Morgan fingerprint density at radius 2 is 2.24 bits per heavy atom. The molecule has 0 atom stereocenters. The molecule has 0 N–H and O–H groups in total. The largest absolute Gasteiger partial charge is 0.468 e. The molecular weight excluding hydrogens is 216 g/mol. The molecule has 17 heavy (non-hydrogen) atoms. The third-order valence-electron chi connectivity index (χ3n) is 2.76. The normalized spacial score (nSPS) is 10.9. The number of ether oxygens (including phenoxy) is 1. The summed E-state index contributed by atoms with van der Waals surface area (Å²) < 4.78 is 4.70. The van der Waals surface area contributed by atoms with E-state index in [1.165, 1.54) is 7.11 Å². The third-order valence-corrected chi connectivity index (χ3v) is 2.76. The zero-order valence-electron chi connectivity index (χ0n) is 10.9. The summed E-state index contributed by atoms with van der Waals surface area (Å²) in [5.74, 6) is -0.215. The van der Waals surface area contributed by atoms with Crippen LogP contribution in [0.4, 0.5) is 0 Å². The quantitative estimate of drug-likeness (QED) is 0.731. The van der Waals surface area contributed by atoms with Gasteiger partial charge in [0.25, 0.3) is 0 Å². The van der Waals surface area contributed by atoms with Crippen LogP contribution >= 0.6 is 0 Å². The Morgan fingerprint density at radius 1 is 1.53 bits per heavy atom. The Kier molecular flexibility index (Phi) is 5.10. The van der Waals surface area contributed by atoms with Crippen LogP contribution in [0.5, 0.6) is 0 Å². The number of rotatable bonds is 5. The highest BCUT2D eigenvalue weighted by atomic mass is 16.5. The molecule has 0 aliphatic carbocycles. The first-order valence-electron chi connectivity index (χ1n) is 5.76. The van der Waals surface area contributed by atoms with Crippen LogP contribution in [0.15, 0.2) is 18.3 Å². The summed E-state index contributed by atoms with van der Waals surface area (Å²) in [6.45, 7) is 7.10. The van der Waals surface area contributed by atoms with Gasteiger partial charge in [0.15, 0.2) is 0 Å². The number of hydrogen-bond acceptors (Lipinski definition) is 4. The summed E-state index contributed by atoms with van der Waals surface area (Å²) >= 11 is 0. The van der Waals surface area contributed by atoms with E-state index in [4.69, 9.17) is 4.74 Å². The number of nitrogens with zero attached hydrogens (tertiary/aromatic N) is 2. The number of carbonyl (C=O) groups excluding carboxylic acids is 1. The molecule has 1 heterocycles. The lowest BCUT2D eigenvalue weighted by Gasteiger charge is -2.25. The minimum atomic E-state index is -0.215. The third kappa shape index (κ3) is 4.15. The minimum absolute atomic E-state index is 0.215. The summed E-state index contributed by atoms with van der Waals surface area (Å²) in [4.78, 5) is 17.7.